The second-order valence-corrected chi connectivity index (χ2v) is 7.01. The standard InChI is InChI=1S/C22H18F3N5O/c1-31-17-6-3-15(4-7-17)29-21-18-8-9-30(12-20(18)27-13-28-21)16-5-2-14(11-26)19(10-16)22(23,24)25/h2-7,10,13H,8-9,12H2,1H3,(H,27,28,29). The summed E-state index contributed by atoms with van der Waals surface area (Å²) in [6.45, 7) is 0.846. The summed E-state index contributed by atoms with van der Waals surface area (Å²) in [4.78, 5) is 10.5. The van der Waals surface area contributed by atoms with Crippen molar-refractivity contribution in [1.82, 2.24) is 9.97 Å². The molecular formula is C22H18F3N5O. The fraction of sp³-hybridized carbons (Fsp3) is 0.227. The number of hydrogen-bond donors (Lipinski definition) is 1. The Labute approximate surface area is 176 Å². The molecule has 1 N–H and O–H groups in total. The van der Waals surface area contributed by atoms with Crippen molar-refractivity contribution >= 4 is 17.2 Å². The van der Waals surface area contributed by atoms with Gasteiger partial charge in [-0.3, -0.25) is 0 Å². The third-order valence-electron chi connectivity index (χ3n) is 5.15. The van der Waals surface area contributed by atoms with Crippen LogP contribution in [0.2, 0.25) is 0 Å². The molecular weight excluding hydrogens is 407 g/mol. The first-order valence-electron chi connectivity index (χ1n) is 9.49. The molecule has 0 unspecified atom stereocenters. The Morgan fingerprint density at radius 2 is 1.90 bits per heavy atom. The maximum atomic E-state index is 13.3. The number of halogens is 3. The highest BCUT2D eigenvalue weighted by molar-refractivity contribution is 5.63. The van der Waals surface area contributed by atoms with Crippen LogP contribution >= 0.6 is 0 Å². The molecule has 0 bridgehead atoms. The molecule has 1 aliphatic rings. The van der Waals surface area contributed by atoms with Crippen LogP contribution in [0, 0.1) is 11.3 Å². The second kappa shape index (κ2) is 8.14. The summed E-state index contributed by atoms with van der Waals surface area (Å²) in [7, 11) is 1.60. The molecule has 158 valence electrons. The highest BCUT2D eigenvalue weighted by atomic mass is 19.4. The molecule has 0 radical (unpaired) electrons. The predicted molar refractivity (Wildman–Crippen MR) is 109 cm³/mol. The van der Waals surface area contributed by atoms with Gasteiger partial charge in [0.25, 0.3) is 0 Å². The predicted octanol–water partition coefficient (Wildman–Crippen LogP) is 4.68. The summed E-state index contributed by atoms with van der Waals surface area (Å²) >= 11 is 0. The van der Waals surface area contributed by atoms with Crippen LogP contribution in [0.4, 0.5) is 30.4 Å². The maximum Gasteiger partial charge on any atom is 0.417 e. The van der Waals surface area contributed by atoms with Gasteiger partial charge in [0.05, 0.1) is 36.5 Å². The molecule has 0 amide bonds. The van der Waals surface area contributed by atoms with E-state index in [9.17, 15) is 13.2 Å². The molecule has 6 nitrogen and oxygen atoms in total. The van der Waals surface area contributed by atoms with Crippen molar-refractivity contribution < 1.29 is 17.9 Å². The van der Waals surface area contributed by atoms with E-state index < -0.39 is 11.7 Å². The summed E-state index contributed by atoms with van der Waals surface area (Å²) in [5, 5.41) is 12.3. The Kier molecular flexibility index (Phi) is 5.38. The molecule has 1 aliphatic heterocycles. The number of hydrogen-bond acceptors (Lipinski definition) is 6. The Hall–Kier alpha value is -3.80. The number of alkyl halides is 3. The maximum absolute atomic E-state index is 13.3. The molecule has 9 heteroatoms. The van der Waals surface area contributed by atoms with Crippen molar-refractivity contribution in [2.75, 3.05) is 23.9 Å². The number of fused-ring (bicyclic) bond motifs is 1. The fourth-order valence-electron chi connectivity index (χ4n) is 3.55. The number of nitrogens with one attached hydrogen (secondary N) is 1. The molecule has 0 saturated carbocycles. The van der Waals surface area contributed by atoms with E-state index >= 15 is 0 Å². The quantitative estimate of drug-likeness (QED) is 0.654. The van der Waals surface area contributed by atoms with Crippen molar-refractivity contribution in [3.05, 3.63) is 71.2 Å². The van der Waals surface area contributed by atoms with Crippen molar-refractivity contribution in [3.8, 4) is 11.8 Å². The molecule has 4 rings (SSSR count). The SMILES string of the molecule is COc1ccc(Nc2ncnc3c2CCN(c2ccc(C#N)c(C(F)(F)F)c2)C3)cc1. The Balaban J connectivity index is 1.58. The van der Waals surface area contributed by atoms with Crippen molar-refractivity contribution in [3.63, 3.8) is 0 Å². The van der Waals surface area contributed by atoms with Crippen LogP contribution in [0.5, 0.6) is 5.75 Å². The average Bonchev–Trinajstić information content (AvgIpc) is 2.78. The van der Waals surface area contributed by atoms with Crippen molar-refractivity contribution in [1.29, 1.82) is 5.26 Å². The Morgan fingerprint density at radius 3 is 2.58 bits per heavy atom. The van der Waals surface area contributed by atoms with Crippen LogP contribution in [0.15, 0.2) is 48.8 Å². The second-order valence-electron chi connectivity index (χ2n) is 7.01. The summed E-state index contributed by atoms with van der Waals surface area (Å²) in [5.41, 5.74) is 1.60. The average molecular weight is 425 g/mol. The van der Waals surface area contributed by atoms with E-state index in [1.807, 2.05) is 29.2 Å². The van der Waals surface area contributed by atoms with E-state index in [2.05, 4.69) is 15.3 Å². The van der Waals surface area contributed by atoms with Crippen molar-refractivity contribution in [2.24, 2.45) is 0 Å². The third kappa shape index (κ3) is 4.23. The van der Waals surface area contributed by atoms with Crippen LogP contribution in [-0.4, -0.2) is 23.6 Å². The molecule has 0 aliphatic carbocycles. The molecule has 1 aromatic heterocycles. The molecule has 3 aromatic rings. The number of aromatic nitrogens is 2. The van der Waals surface area contributed by atoms with Gasteiger partial charge in [-0.25, -0.2) is 9.97 Å². The number of anilines is 3. The van der Waals surface area contributed by atoms with E-state index in [4.69, 9.17) is 10.00 Å². The Bertz CT molecular complexity index is 1140. The number of benzene rings is 2. The highest BCUT2D eigenvalue weighted by Crippen LogP contribution is 2.36. The van der Waals surface area contributed by atoms with E-state index in [-0.39, 0.29) is 5.56 Å². The lowest BCUT2D eigenvalue weighted by molar-refractivity contribution is -0.137. The van der Waals surface area contributed by atoms with E-state index in [1.165, 1.54) is 18.5 Å². The summed E-state index contributed by atoms with van der Waals surface area (Å²) < 4.78 is 45.1. The summed E-state index contributed by atoms with van der Waals surface area (Å²) in [5.74, 6) is 1.41. The van der Waals surface area contributed by atoms with Gasteiger partial charge in [0, 0.05) is 23.5 Å². The summed E-state index contributed by atoms with van der Waals surface area (Å²) in [6.07, 6.45) is -2.59. The minimum absolute atomic E-state index is 0.346. The number of nitriles is 1. The van der Waals surface area contributed by atoms with Gasteiger partial charge in [0.2, 0.25) is 0 Å². The monoisotopic (exact) mass is 425 g/mol. The zero-order valence-corrected chi connectivity index (χ0v) is 16.6. The first-order valence-corrected chi connectivity index (χ1v) is 9.49. The van der Waals surface area contributed by atoms with Crippen molar-refractivity contribution in [2.45, 2.75) is 19.1 Å². The van der Waals surface area contributed by atoms with Crippen LogP contribution in [-0.2, 0) is 19.1 Å². The molecule has 2 heterocycles. The highest BCUT2D eigenvalue weighted by Gasteiger charge is 2.34. The van der Waals surface area contributed by atoms with Gasteiger partial charge in [-0.1, -0.05) is 0 Å². The first-order chi connectivity index (χ1) is 14.9. The normalized spacial score (nSPS) is 13.3. The van der Waals surface area contributed by atoms with Crippen LogP contribution < -0.4 is 15.0 Å². The van der Waals surface area contributed by atoms with Gasteiger partial charge in [-0.05, 0) is 48.9 Å². The summed E-state index contributed by atoms with van der Waals surface area (Å²) in [6, 6.07) is 12.8. The fourth-order valence-corrected chi connectivity index (χ4v) is 3.55. The lowest BCUT2D eigenvalue weighted by Gasteiger charge is -2.31. The largest absolute Gasteiger partial charge is 0.497 e. The molecule has 31 heavy (non-hydrogen) atoms. The van der Waals surface area contributed by atoms with Gasteiger partial charge in [-0.2, -0.15) is 18.4 Å². The van der Waals surface area contributed by atoms with Crippen LogP contribution in [0.3, 0.4) is 0 Å². The molecule has 0 saturated heterocycles. The van der Waals surface area contributed by atoms with E-state index in [0.717, 1.165) is 28.8 Å². The minimum Gasteiger partial charge on any atom is -0.497 e. The molecule has 2 aromatic carbocycles. The topological polar surface area (TPSA) is 74.1 Å². The van der Waals surface area contributed by atoms with Crippen LogP contribution in [0.1, 0.15) is 22.4 Å². The number of rotatable bonds is 4. The number of methoxy groups -OCH3 is 1. The molecule has 0 fully saturated rings. The number of nitrogens with zero attached hydrogens (tertiary/aromatic N) is 4. The zero-order valence-electron chi connectivity index (χ0n) is 16.6. The smallest absolute Gasteiger partial charge is 0.417 e. The number of ether oxygens (including phenoxy) is 1. The lowest BCUT2D eigenvalue weighted by atomic mass is 10.0. The minimum atomic E-state index is -4.59. The van der Waals surface area contributed by atoms with Crippen LogP contribution in [0.25, 0.3) is 0 Å². The molecule has 0 spiro atoms. The van der Waals surface area contributed by atoms with Gasteiger partial charge in [0.15, 0.2) is 0 Å². The van der Waals surface area contributed by atoms with Gasteiger partial charge >= 0.3 is 6.18 Å². The first kappa shape index (κ1) is 20.5. The third-order valence-corrected chi connectivity index (χ3v) is 5.15. The van der Waals surface area contributed by atoms with E-state index in [1.54, 1.807) is 13.2 Å². The molecule has 0 atom stereocenters. The van der Waals surface area contributed by atoms with Gasteiger partial charge in [-0.15, -0.1) is 0 Å². The lowest BCUT2D eigenvalue weighted by Crippen LogP contribution is -2.32. The van der Waals surface area contributed by atoms with Gasteiger partial charge < -0.3 is 15.0 Å². The Morgan fingerprint density at radius 1 is 1.13 bits per heavy atom. The van der Waals surface area contributed by atoms with Gasteiger partial charge in [0.1, 0.15) is 17.9 Å². The zero-order chi connectivity index (χ0) is 22.0. The van der Waals surface area contributed by atoms with E-state index in [0.29, 0.717) is 31.0 Å².